The lowest BCUT2D eigenvalue weighted by Gasteiger charge is -2.41. The minimum absolute atomic E-state index is 0.0904. The summed E-state index contributed by atoms with van der Waals surface area (Å²) in [4.78, 5) is 13.9. The molecule has 2 unspecified atom stereocenters. The highest BCUT2D eigenvalue weighted by Gasteiger charge is 2.51. The fraction of sp³-hybridized carbons (Fsp3) is 0.588. The molecule has 0 spiro atoms. The van der Waals surface area contributed by atoms with Gasteiger partial charge in [0.2, 0.25) is 0 Å². The minimum Gasteiger partial charge on any atom is -0.443 e. The van der Waals surface area contributed by atoms with E-state index in [1.807, 2.05) is 45.0 Å². The largest absolute Gasteiger partial charge is 0.443 e. The van der Waals surface area contributed by atoms with Crippen LogP contribution >= 0.6 is 0 Å². The second kappa shape index (κ2) is 4.72. The Morgan fingerprint density at radius 3 is 2.81 bits per heavy atom. The van der Waals surface area contributed by atoms with Crippen molar-refractivity contribution in [2.45, 2.75) is 57.2 Å². The molecule has 3 rings (SSSR count). The highest BCUT2D eigenvalue weighted by atomic mass is 19.1. The molecular weight excluding hydrogens is 269 g/mol. The molecule has 0 N–H and O–H groups in total. The number of anilines is 1. The molecule has 1 aliphatic heterocycles. The van der Waals surface area contributed by atoms with Gasteiger partial charge in [0, 0.05) is 5.92 Å². The molecule has 0 saturated heterocycles. The summed E-state index contributed by atoms with van der Waals surface area (Å²) in [6.45, 7) is 5.57. The van der Waals surface area contributed by atoms with Crippen molar-refractivity contribution >= 4 is 11.8 Å². The molecule has 0 aromatic heterocycles. The van der Waals surface area contributed by atoms with E-state index < -0.39 is 17.4 Å². The van der Waals surface area contributed by atoms with Crippen LogP contribution in [0.3, 0.4) is 0 Å². The number of carbonyl (C=O) groups excluding carboxylic acids is 1. The number of para-hydroxylation sites is 1. The number of hydrogen-bond donors (Lipinski definition) is 0. The lowest BCUT2D eigenvalue weighted by atomic mass is 9.81. The number of nitrogens with zero attached hydrogens (tertiary/aromatic N) is 1. The van der Waals surface area contributed by atoms with Gasteiger partial charge < -0.3 is 4.74 Å². The fourth-order valence-corrected chi connectivity index (χ4v) is 3.51. The van der Waals surface area contributed by atoms with Crippen LogP contribution in [-0.2, 0) is 4.74 Å². The van der Waals surface area contributed by atoms with Crippen LogP contribution in [-0.4, -0.2) is 23.9 Å². The van der Waals surface area contributed by atoms with Crippen molar-refractivity contribution in [2.24, 2.45) is 0 Å². The van der Waals surface area contributed by atoms with E-state index in [4.69, 9.17) is 4.74 Å². The van der Waals surface area contributed by atoms with Gasteiger partial charge in [0.15, 0.2) is 0 Å². The third kappa shape index (κ3) is 2.52. The number of halogens is 1. The molecule has 1 aliphatic carbocycles. The van der Waals surface area contributed by atoms with E-state index in [1.54, 1.807) is 0 Å². The van der Waals surface area contributed by atoms with E-state index in [0.29, 0.717) is 6.42 Å². The van der Waals surface area contributed by atoms with Crippen LogP contribution in [0, 0.1) is 0 Å². The fourth-order valence-electron chi connectivity index (χ4n) is 3.51. The van der Waals surface area contributed by atoms with E-state index >= 15 is 4.39 Å². The molecule has 0 radical (unpaired) electrons. The predicted octanol–water partition coefficient (Wildman–Crippen LogP) is 4.42. The van der Waals surface area contributed by atoms with Crippen molar-refractivity contribution in [1.29, 1.82) is 0 Å². The first-order chi connectivity index (χ1) is 9.80. The number of carbonyl (C=O) groups is 1. The molecule has 1 heterocycles. The molecule has 1 aromatic carbocycles. The zero-order valence-corrected chi connectivity index (χ0v) is 12.9. The lowest BCUT2D eigenvalue weighted by molar-refractivity contribution is 0.0526. The van der Waals surface area contributed by atoms with Crippen molar-refractivity contribution in [3.8, 4) is 0 Å². The van der Waals surface area contributed by atoms with E-state index in [1.165, 1.54) is 4.90 Å². The smallest absolute Gasteiger partial charge is 0.414 e. The number of fused-ring (bicyclic) bond motifs is 3. The number of ether oxygens (including phenoxy) is 1. The zero-order chi connectivity index (χ0) is 15.3. The molecule has 21 heavy (non-hydrogen) atoms. The van der Waals surface area contributed by atoms with Gasteiger partial charge in [-0.2, -0.15) is 0 Å². The predicted molar refractivity (Wildman–Crippen MR) is 80.5 cm³/mol. The van der Waals surface area contributed by atoms with Gasteiger partial charge in [-0.25, -0.2) is 9.18 Å². The van der Waals surface area contributed by atoms with Crippen LogP contribution in [0.15, 0.2) is 24.3 Å². The molecule has 0 bridgehead atoms. The molecule has 1 saturated carbocycles. The van der Waals surface area contributed by atoms with Crippen LogP contribution < -0.4 is 4.90 Å². The molecule has 4 heteroatoms. The Labute approximate surface area is 125 Å². The monoisotopic (exact) mass is 291 g/mol. The maximum Gasteiger partial charge on any atom is 0.414 e. The first-order valence-electron chi connectivity index (χ1n) is 7.58. The molecule has 2 atom stereocenters. The Kier molecular flexibility index (Phi) is 3.23. The molecular formula is C17H22FNO2. The van der Waals surface area contributed by atoms with Crippen LogP contribution in [0.2, 0.25) is 0 Å². The van der Waals surface area contributed by atoms with E-state index in [-0.39, 0.29) is 12.5 Å². The van der Waals surface area contributed by atoms with Crippen molar-refractivity contribution in [1.82, 2.24) is 0 Å². The number of hydrogen-bond acceptors (Lipinski definition) is 2. The van der Waals surface area contributed by atoms with E-state index in [0.717, 1.165) is 24.1 Å². The molecule has 1 fully saturated rings. The highest BCUT2D eigenvalue weighted by Crippen LogP contribution is 2.52. The number of rotatable bonds is 0. The Bertz CT molecular complexity index is 566. The van der Waals surface area contributed by atoms with Gasteiger partial charge in [-0.15, -0.1) is 0 Å². The first-order valence-corrected chi connectivity index (χ1v) is 7.58. The third-order valence-electron chi connectivity index (χ3n) is 4.35. The van der Waals surface area contributed by atoms with Crippen LogP contribution in [0.4, 0.5) is 14.9 Å². The summed E-state index contributed by atoms with van der Waals surface area (Å²) in [5.41, 5.74) is -0.158. The molecule has 1 aromatic rings. The normalized spacial score (nSPS) is 28.0. The Balaban J connectivity index is 1.99. The second-order valence-electron chi connectivity index (χ2n) is 7.10. The van der Waals surface area contributed by atoms with Crippen molar-refractivity contribution in [2.75, 3.05) is 11.4 Å². The Morgan fingerprint density at radius 2 is 2.10 bits per heavy atom. The first kappa shape index (κ1) is 14.4. The molecule has 114 valence electrons. The van der Waals surface area contributed by atoms with Gasteiger partial charge in [-0.3, -0.25) is 4.90 Å². The van der Waals surface area contributed by atoms with Crippen molar-refractivity contribution in [3.63, 3.8) is 0 Å². The minimum atomic E-state index is -1.31. The van der Waals surface area contributed by atoms with Gasteiger partial charge in [-0.1, -0.05) is 18.2 Å². The number of benzene rings is 1. The maximum absolute atomic E-state index is 15.2. The summed E-state index contributed by atoms with van der Waals surface area (Å²) in [5, 5.41) is 0. The second-order valence-corrected chi connectivity index (χ2v) is 7.10. The Morgan fingerprint density at radius 1 is 1.38 bits per heavy atom. The van der Waals surface area contributed by atoms with Gasteiger partial charge >= 0.3 is 6.09 Å². The van der Waals surface area contributed by atoms with Gasteiger partial charge in [0.05, 0.1) is 12.2 Å². The highest BCUT2D eigenvalue weighted by molar-refractivity contribution is 5.90. The number of amides is 1. The van der Waals surface area contributed by atoms with Crippen LogP contribution in [0.1, 0.15) is 51.5 Å². The van der Waals surface area contributed by atoms with Crippen LogP contribution in [0.25, 0.3) is 0 Å². The zero-order valence-electron chi connectivity index (χ0n) is 12.9. The summed E-state index contributed by atoms with van der Waals surface area (Å²) in [6, 6.07) is 7.62. The summed E-state index contributed by atoms with van der Waals surface area (Å²) >= 11 is 0. The van der Waals surface area contributed by atoms with E-state index in [2.05, 4.69) is 0 Å². The molecule has 1 amide bonds. The topological polar surface area (TPSA) is 29.5 Å². The molecule has 3 nitrogen and oxygen atoms in total. The van der Waals surface area contributed by atoms with E-state index in [9.17, 15) is 4.79 Å². The summed E-state index contributed by atoms with van der Waals surface area (Å²) in [7, 11) is 0. The standard InChI is InChI=1S/C17H22FNO2/c1-16(2,3)21-15(20)19-11-17(18)10-6-8-13(17)12-7-4-5-9-14(12)19/h4-5,7,9,13H,6,8,10-11H2,1-3H3. The molecule has 2 aliphatic rings. The maximum atomic E-state index is 15.2. The average molecular weight is 291 g/mol. The average Bonchev–Trinajstić information content (AvgIpc) is 2.78. The quantitative estimate of drug-likeness (QED) is 0.708. The van der Waals surface area contributed by atoms with Gasteiger partial charge in [0.25, 0.3) is 0 Å². The summed E-state index contributed by atoms with van der Waals surface area (Å²) in [5.74, 6) is -0.0904. The van der Waals surface area contributed by atoms with Gasteiger partial charge in [-0.05, 0) is 51.7 Å². The van der Waals surface area contributed by atoms with Crippen molar-refractivity contribution < 1.29 is 13.9 Å². The lowest BCUT2D eigenvalue weighted by Crippen LogP contribution is -2.50. The summed E-state index contributed by atoms with van der Waals surface area (Å²) < 4.78 is 20.7. The van der Waals surface area contributed by atoms with Gasteiger partial charge in [0.1, 0.15) is 11.3 Å². The third-order valence-corrected chi connectivity index (χ3v) is 4.35. The van der Waals surface area contributed by atoms with Crippen molar-refractivity contribution in [3.05, 3.63) is 29.8 Å². The summed E-state index contributed by atoms with van der Waals surface area (Å²) in [6.07, 6.45) is 1.79. The Hall–Kier alpha value is -1.58. The van der Waals surface area contributed by atoms with Crippen LogP contribution in [0.5, 0.6) is 0 Å². The number of alkyl halides is 1. The SMILES string of the molecule is CC(C)(C)OC(=O)N1CC2(F)CCCC2c2ccccc21.